The van der Waals surface area contributed by atoms with Gasteiger partial charge in [-0.2, -0.15) is 0 Å². The average Bonchev–Trinajstić information content (AvgIpc) is 3.53. The van der Waals surface area contributed by atoms with E-state index in [1.54, 1.807) is 0 Å². The Kier molecular flexibility index (Phi) is 7.96. The van der Waals surface area contributed by atoms with Crippen LogP contribution in [0.1, 0.15) is 48.6 Å². The molecule has 0 amide bonds. The molecule has 59 heavy (non-hydrogen) atoms. The van der Waals surface area contributed by atoms with Crippen LogP contribution in [0.3, 0.4) is 0 Å². The second-order valence-electron chi connectivity index (χ2n) is 16.8. The van der Waals surface area contributed by atoms with Crippen molar-refractivity contribution in [1.29, 1.82) is 0 Å². The van der Waals surface area contributed by atoms with E-state index >= 15 is 0 Å². The van der Waals surface area contributed by atoms with Crippen LogP contribution >= 0.6 is 0 Å². The first-order valence-electron chi connectivity index (χ1n) is 20.4. The van der Waals surface area contributed by atoms with Crippen LogP contribution in [0.2, 0.25) is 0 Å². The van der Waals surface area contributed by atoms with Crippen LogP contribution in [0.25, 0.3) is 78.7 Å². The maximum absolute atomic E-state index is 5.28. The number of hydrogen-bond acceptors (Lipinski definition) is 3. The lowest BCUT2D eigenvalue weighted by molar-refractivity contribution is 0.588. The van der Waals surface area contributed by atoms with Gasteiger partial charge in [0.1, 0.15) is 0 Å². The molecule has 11 rings (SSSR count). The number of hydrogen-bond donors (Lipinski definition) is 0. The van der Waals surface area contributed by atoms with E-state index in [1.165, 1.54) is 61.2 Å². The van der Waals surface area contributed by atoms with Crippen molar-refractivity contribution in [2.45, 2.75) is 31.6 Å². The van der Waals surface area contributed by atoms with Gasteiger partial charge in [0.05, 0.1) is 5.41 Å². The molecule has 3 nitrogen and oxygen atoms in total. The molecule has 1 heterocycles. The fraction of sp³-hybridized carbons (Fsp3) is 0.0893. The predicted molar refractivity (Wildman–Crippen MR) is 242 cm³/mol. The van der Waals surface area contributed by atoms with Crippen molar-refractivity contribution in [3.05, 3.63) is 222 Å². The second kappa shape index (κ2) is 13.4. The van der Waals surface area contributed by atoms with E-state index in [2.05, 4.69) is 191 Å². The van der Waals surface area contributed by atoms with E-state index in [1.807, 2.05) is 24.3 Å². The van der Waals surface area contributed by atoms with Crippen LogP contribution in [-0.4, -0.2) is 15.0 Å². The third-order valence-electron chi connectivity index (χ3n) is 12.3. The van der Waals surface area contributed by atoms with Crippen LogP contribution in [0, 0.1) is 0 Å². The van der Waals surface area contributed by atoms with Gasteiger partial charge in [0.15, 0.2) is 17.5 Å². The lowest BCUT2D eigenvalue weighted by Gasteiger charge is -2.36. The van der Waals surface area contributed by atoms with E-state index in [0.29, 0.717) is 17.5 Å². The summed E-state index contributed by atoms with van der Waals surface area (Å²) in [6, 6.07) is 70.3. The van der Waals surface area contributed by atoms with E-state index in [-0.39, 0.29) is 5.41 Å². The molecule has 2 aliphatic rings. The summed E-state index contributed by atoms with van der Waals surface area (Å²) in [4.78, 5) is 15.6. The van der Waals surface area contributed by atoms with Gasteiger partial charge in [-0.3, -0.25) is 0 Å². The van der Waals surface area contributed by atoms with Gasteiger partial charge in [0.2, 0.25) is 0 Å². The molecule has 0 fully saturated rings. The Morgan fingerprint density at radius 2 is 0.763 bits per heavy atom. The molecular weight excluding hydrogens is 715 g/mol. The topological polar surface area (TPSA) is 38.7 Å². The van der Waals surface area contributed by atoms with E-state index < -0.39 is 5.41 Å². The molecule has 0 N–H and O–H groups in total. The van der Waals surface area contributed by atoms with Crippen LogP contribution in [0.5, 0.6) is 0 Å². The number of benzene rings is 8. The van der Waals surface area contributed by atoms with Crippen molar-refractivity contribution in [1.82, 2.24) is 15.0 Å². The number of fused-ring (bicyclic) bond motifs is 12. The molecule has 1 aromatic heterocycles. The van der Waals surface area contributed by atoms with Crippen LogP contribution in [-0.2, 0) is 10.8 Å². The Labute approximate surface area is 345 Å². The highest BCUT2D eigenvalue weighted by molar-refractivity contribution is 5.98. The van der Waals surface area contributed by atoms with Crippen molar-refractivity contribution in [3.8, 4) is 78.7 Å². The van der Waals surface area contributed by atoms with Gasteiger partial charge < -0.3 is 0 Å². The normalized spacial score (nSPS) is 14.8. The first-order chi connectivity index (χ1) is 28.9. The Morgan fingerprint density at radius 1 is 0.305 bits per heavy atom. The summed E-state index contributed by atoms with van der Waals surface area (Å²) in [5, 5.41) is 0. The fourth-order valence-corrected chi connectivity index (χ4v) is 9.52. The lowest BCUT2D eigenvalue weighted by atomic mass is 9.65. The molecule has 3 heteroatoms. The Morgan fingerprint density at radius 3 is 1.41 bits per heavy atom. The Bertz CT molecular complexity index is 3090. The Hall–Kier alpha value is -7.23. The molecule has 2 aliphatic carbocycles. The van der Waals surface area contributed by atoms with Crippen molar-refractivity contribution in [2.24, 2.45) is 0 Å². The smallest absolute Gasteiger partial charge is 0.164 e. The summed E-state index contributed by atoms with van der Waals surface area (Å²) in [7, 11) is 0. The summed E-state index contributed by atoms with van der Waals surface area (Å²) in [5.74, 6) is 1.92. The highest BCUT2D eigenvalue weighted by Gasteiger charge is 2.50. The summed E-state index contributed by atoms with van der Waals surface area (Å²) in [6.45, 7) is 6.93. The fourth-order valence-electron chi connectivity index (χ4n) is 9.52. The second-order valence-corrected chi connectivity index (χ2v) is 16.8. The molecule has 1 unspecified atom stereocenters. The van der Waals surface area contributed by atoms with Crippen LogP contribution in [0.15, 0.2) is 194 Å². The van der Waals surface area contributed by atoms with E-state index in [4.69, 9.17) is 15.0 Å². The van der Waals surface area contributed by atoms with E-state index in [9.17, 15) is 0 Å². The van der Waals surface area contributed by atoms with Gasteiger partial charge in [-0.05, 0) is 89.9 Å². The van der Waals surface area contributed by atoms with Gasteiger partial charge in [-0.1, -0.05) is 203 Å². The number of aromatic nitrogens is 3. The van der Waals surface area contributed by atoms with Crippen LogP contribution in [0.4, 0.5) is 0 Å². The quantitative estimate of drug-likeness (QED) is 0.180. The molecule has 8 aromatic carbocycles. The maximum Gasteiger partial charge on any atom is 0.164 e. The van der Waals surface area contributed by atoms with Crippen molar-refractivity contribution < 1.29 is 0 Å². The third-order valence-corrected chi connectivity index (χ3v) is 12.3. The zero-order valence-corrected chi connectivity index (χ0v) is 33.3. The van der Waals surface area contributed by atoms with Gasteiger partial charge in [-0.25, -0.2) is 15.0 Å². The predicted octanol–water partition coefficient (Wildman–Crippen LogP) is 13.8. The molecule has 0 aliphatic heterocycles. The van der Waals surface area contributed by atoms with Crippen molar-refractivity contribution in [2.75, 3.05) is 0 Å². The molecule has 0 bridgehead atoms. The molecular formula is C56H41N3. The summed E-state index contributed by atoms with van der Waals surface area (Å²) >= 11 is 0. The first kappa shape index (κ1) is 35.0. The summed E-state index contributed by atoms with van der Waals surface area (Å²) in [6.07, 6.45) is 0. The molecule has 1 spiro atoms. The van der Waals surface area contributed by atoms with Crippen molar-refractivity contribution in [3.63, 3.8) is 0 Å². The minimum Gasteiger partial charge on any atom is -0.208 e. The van der Waals surface area contributed by atoms with Gasteiger partial charge in [-0.15, -0.1) is 0 Å². The van der Waals surface area contributed by atoms with Crippen LogP contribution < -0.4 is 0 Å². The SMILES string of the molecule is CC(C)(C)c1ccc2c(c1)C1(c3ccccc3-c3ccccc3-c3cc(-c4nc(-c5ccccc5)nc(-c5cccc(-c6ccccc6)c5)n4)ccc31)c1ccccc1-2. The molecule has 0 saturated heterocycles. The molecule has 9 aromatic rings. The molecule has 280 valence electrons. The molecule has 1 atom stereocenters. The molecule has 0 saturated carbocycles. The number of rotatable bonds is 4. The maximum atomic E-state index is 5.28. The molecule has 0 radical (unpaired) electrons. The third kappa shape index (κ3) is 5.53. The minimum atomic E-state index is -0.575. The zero-order chi connectivity index (χ0) is 39.7. The Balaban J connectivity index is 1.19. The standard InChI is InChI=1S/C56H41N3/c1-55(2,3)41-30-31-46-45-26-13-15-28-49(45)56(51(46)35-41)48-27-14-12-25-44(48)42-23-10-11-24-43(42)47-34-40(29-32-50(47)56)54-58-52(37-19-8-5-9-20-37)57-53(59-54)39-22-16-21-38(33-39)36-17-6-4-7-18-36/h4-35H,1-3H3. The first-order valence-corrected chi connectivity index (χ1v) is 20.4. The largest absolute Gasteiger partial charge is 0.208 e. The van der Waals surface area contributed by atoms with E-state index in [0.717, 1.165) is 27.8 Å². The lowest BCUT2D eigenvalue weighted by Crippen LogP contribution is -2.30. The van der Waals surface area contributed by atoms with Crippen molar-refractivity contribution >= 4 is 0 Å². The zero-order valence-electron chi connectivity index (χ0n) is 33.3. The summed E-state index contributed by atoms with van der Waals surface area (Å²) in [5.41, 5.74) is 18.4. The van der Waals surface area contributed by atoms with Gasteiger partial charge in [0.25, 0.3) is 0 Å². The number of nitrogens with zero attached hydrogens (tertiary/aromatic N) is 3. The summed E-state index contributed by atoms with van der Waals surface area (Å²) < 4.78 is 0. The van der Waals surface area contributed by atoms with Gasteiger partial charge in [0, 0.05) is 16.7 Å². The average molecular weight is 756 g/mol. The minimum absolute atomic E-state index is 0.0294. The van der Waals surface area contributed by atoms with Gasteiger partial charge >= 0.3 is 0 Å². The highest BCUT2D eigenvalue weighted by atomic mass is 15.0. The highest BCUT2D eigenvalue weighted by Crippen LogP contribution is 2.62. The monoisotopic (exact) mass is 755 g/mol.